The van der Waals surface area contributed by atoms with E-state index in [1.807, 2.05) is 12.1 Å². The molecule has 23 heavy (non-hydrogen) atoms. The van der Waals surface area contributed by atoms with Gasteiger partial charge in [-0.25, -0.2) is 0 Å². The Kier molecular flexibility index (Phi) is 5.03. The maximum atomic E-state index is 12.0. The number of carbonyl (C=O) groups is 3. The molecule has 6 heteroatoms. The van der Waals surface area contributed by atoms with E-state index in [1.165, 1.54) is 0 Å². The Hall–Kier alpha value is -2.37. The molecule has 1 fully saturated rings. The van der Waals surface area contributed by atoms with Gasteiger partial charge >= 0.3 is 0 Å². The molecule has 1 saturated carbocycles. The Labute approximate surface area is 136 Å². The average molecular weight is 317 g/mol. The van der Waals surface area contributed by atoms with Gasteiger partial charge in [0.2, 0.25) is 5.91 Å². The molecule has 0 spiro atoms. The van der Waals surface area contributed by atoms with Crippen LogP contribution in [0.2, 0.25) is 0 Å². The zero-order chi connectivity index (χ0) is 17.0. The van der Waals surface area contributed by atoms with Crippen LogP contribution in [-0.4, -0.2) is 24.3 Å². The number of hydrogen-bond donors (Lipinski definition) is 3. The van der Waals surface area contributed by atoms with Crippen LogP contribution in [-0.2, 0) is 15.0 Å². The Balaban J connectivity index is 1.77. The van der Waals surface area contributed by atoms with Crippen molar-refractivity contribution in [2.75, 3.05) is 6.54 Å². The number of benzene rings is 1. The summed E-state index contributed by atoms with van der Waals surface area (Å²) in [6.07, 6.45) is 1.73. The smallest absolute Gasteiger partial charge is 0.257 e. The van der Waals surface area contributed by atoms with Gasteiger partial charge in [0, 0.05) is 11.5 Å². The molecule has 0 aliphatic heterocycles. The number of hydrogen-bond acceptors (Lipinski definition) is 3. The molecule has 6 nitrogen and oxygen atoms in total. The van der Waals surface area contributed by atoms with Gasteiger partial charge in [-0.05, 0) is 36.0 Å². The monoisotopic (exact) mass is 317 g/mol. The van der Waals surface area contributed by atoms with Crippen LogP contribution in [0.3, 0.4) is 0 Å². The van der Waals surface area contributed by atoms with Gasteiger partial charge in [-0.15, -0.1) is 0 Å². The van der Waals surface area contributed by atoms with Crippen LogP contribution in [0.15, 0.2) is 24.3 Å². The average Bonchev–Trinajstić information content (AvgIpc) is 3.34. The zero-order valence-corrected chi connectivity index (χ0v) is 13.7. The first kappa shape index (κ1) is 17.0. The third-order valence-electron chi connectivity index (χ3n) is 3.70. The molecule has 1 aromatic carbocycles. The minimum atomic E-state index is -0.460. The molecule has 1 aliphatic carbocycles. The number of amides is 3. The molecule has 1 aromatic rings. The summed E-state index contributed by atoms with van der Waals surface area (Å²) in [5, 5.41) is 2.52. The molecule has 2 rings (SSSR count). The van der Waals surface area contributed by atoms with Gasteiger partial charge in [0.15, 0.2) is 0 Å². The first-order valence-electron chi connectivity index (χ1n) is 7.75. The fraction of sp³-hybridized carbons (Fsp3) is 0.471. The third-order valence-corrected chi connectivity index (χ3v) is 3.70. The summed E-state index contributed by atoms with van der Waals surface area (Å²) in [5.74, 6) is -0.943. The second-order valence-electron chi connectivity index (χ2n) is 6.82. The van der Waals surface area contributed by atoms with Crippen molar-refractivity contribution in [3.05, 3.63) is 35.4 Å². The molecular weight excluding hydrogens is 294 g/mol. The van der Waals surface area contributed by atoms with Crippen molar-refractivity contribution >= 4 is 17.7 Å². The fourth-order valence-corrected chi connectivity index (χ4v) is 2.01. The van der Waals surface area contributed by atoms with Gasteiger partial charge in [0.1, 0.15) is 0 Å². The molecule has 0 unspecified atom stereocenters. The zero-order valence-electron chi connectivity index (χ0n) is 13.7. The van der Waals surface area contributed by atoms with E-state index < -0.39 is 5.91 Å². The number of hydrazine groups is 1. The lowest BCUT2D eigenvalue weighted by molar-refractivity contribution is -0.129. The molecule has 0 radical (unpaired) electrons. The van der Waals surface area contributed by atoms with Crippen LogP contribution in [0.5, 0.6) is 0 Å². The highest BCUT2D eigenvalue weighted by molar-refractivity contribution is 5.96. The predicted molar refractivity (Wildman–Crippen MR) is 86.5 cm³/mol. The van der Waals surface area contributed by atoms with Crippen molar-refractivity contribution in [3.8, 4) is 0 Å². The van der Waals surface area contributed by atoms with Crippen molar-refractivity contribution < 1.29 is 14.4 Å². The minimum absolute atomic E-state index is 0.0197. The van der Waals surface area contributed by atoms with Crippen LogP contribution in [0.25, 0.3) is 0 Å². The minimum Gasteiger partial charge on any atom is -0.343 e. The van der Waals surface area contributed by atoms with Crippen molar-refractivity contribution in [3.63, 3.8) is 0 Å². The summed E-state index contributed by atoms with van der Waals surface area (Å²) in [6, 6.07) is 7.29. The van der Waals surface area contributed by atoms with Crippen LogP contribution < -0.4 is 16.2 Å². The second-order valence-corrected chi connectivity index (χ2v) is 6.82. The first-order chi connectivity index (χ1) is 10.8. The van der Waals surface area contributed by atoms with Crippen molar-refractivity contribution in [1.29, 1.82) is 0 Å². The summed E-state index contributed by atoms with van der Waals surface area (Å²) in [5.41, 5.74) is 6.28. The van der Waals surface area contributed by atoms with E-state index in [1.54, 1.807) is 12.1 Å². The van der Waals surface area contributed by atoms with E-state index in [0.29, 0.717) is 5.56 Å². The maximum absolute atomic E-state index is 12.0. The lowest BCUT2D eigenvalue weighted by Gasteiger charge is -2.19. The molecule has 0 heterocycles. The summed E-state index contributed by atoms with van der Waals surface area (Å²) in [4.78, 5) is 34.9. The summed E-state index contributed by atoms with van der Waals surface area (Å²) < 4.78 is 0. The van der Waals surface area contributed by atoms with E-state index in [0.717, 1.165) is 18.4 Å². The van der Waals surface area contributed by atoms with E-state index in [9.17, 15) is 14.4 Å². The van der Waals surface area contributed by atoms with Crippen molar-refractivity contribution in [2.24, 2.45) is 5.92 Å². The molecule has 0 aromatic heterocycles. The van der Waals surface area contributed by atoms with E-state index in [2.05, 4.69) is 36.9 Å². The maximum Gasteiger partial charge on any atom is 0.257 e. The van der Waals surface area contributed by atoms with Gasteiger partial charge in [-0.2, -0.15) is 0 Å². The van der Waals surface area contributed by atoms with E-state index in [-0.39, 0.29) is 29.7 Å². The molecule has 3 N–H and O–H groups in total. The lowest BCUT2D eigenvalue weighted by Crippen LogP contribution is -2.46. The van der Waals surface area contributed by atoms with Gasteiger partial charge < -0.3 is 5.32 Å². The van der Waals surface area contributed by atoms with E-state index in [4.69, 9.17) is 0 Å². The fourth-order valence-electron chi connectivity index (χ4n) is 2.01. The molecule has 124 valence electrons. The summed E-state index contributed by atoms with van der Waals surface area (Å²) >= 11 is 0. The SMILES string of the molecule is CC(C)(C)c1ccc(C(=O)NCC(=O)NNC(=O)C2CC2)cc1. The highest BCUT2D eigenvalue weighted by Gasteiger charge is 2.29. The van der Waals surface area contributed by atoms with Crippen LogP contribution >= 0.6 is 0 Å². The number of nitrogens with one attached hydrogen (secondary N) is 3. The Morgan fingerprint density at radius 2 is 1.65 bits per heavy atom. The highest BCUT2D eigenvalue weighted by Crippen LogP contribution is 2.28. The molecule has 0 saturated heterocycles. The third kappa shape index (κ3) is 5.09. The van der Waals surface area contributed by atoms with Crippen LogP contribution in [0, 0.1) is 5.92 Å². The van der Waals surface area contributed by atoms with Gasteiger partial charge in [-0.3, -0.25) is 25.2 Å². The Morgan fingerprint density at radius 1 is 1.04 bits per heavy atom. The summed E-state index contributed by atoms with van der Waals surface area (Å²) in [7, 11) is 0. The van der Waals surface area contributed by atoms with Crippen molar-refractivity contribution in [2.45, 2.75) is 39.0 Å². The second kappa shape index (κ2) is 6.81. The molecule has 0 atom stereocenters. The van der Waals surface area contributed by atoms with Crippen LogP contribution in [0.1, 0.15) is 49.5 Å². The summed E-state index contributed by atoms with van der Waals surface area (Å²) in [6.45, 7) is 6.11. The molecule has 1 aliphatic rings. The standard InChI is InChI=1S/C17H23N3O3/c1-17(2,3)13-8-6-11(7-9-13)15(22)18-10-14(21)19-20-16(23)12-4-5-12/h6-9,12H,4-5,10H2,1-3H3,(H,18,22)(H,19,21)(H,20,23). The molecule has 3 amide bonds. The lowest BCUT2D eigenvalue weighted by atomic mass is 9.87. The largest absolute Gasteiger partial charge is 0.343 e. The topological polar surface area (TPSA) is 87.3 Å². The van der Waals surface area contributed by atoms with Gasteiger partial charge in [0.25, 0.3) is 11.8 Å². The Bertz CT molecular complexity index is 599. The van der Waals surface area contributed by atoms with Gasteiger partial charge in [-0.1, -0.05) is 32.9 Å². The highest BCUT2D eigenvalue weighted by atomic mass is 16.2. The molecule has 0 bridgehead atoms. The normalized spacial score (nSPS) is 14.0. The Morgan fingerprint density at radius 3 is 2.17 bits per heavy atom. The number of rotatable bonds is 4. The number of carbonyl (C=O) groups excluding carboxylic acids is 3. The van der Waals surface area contributed by atoms with E-state index >= 15 is 0 Å². The van der Waals surface area contributed by atoms with Crippen molar-refractivity contribution in [1.82, 2.24) is 16.2 Å². The van der Waals surface area contributed by atoms with Gasteiger partial charge in [0.05, 0.1) is 6.54 Å². The first-order valence-corrected chi connectivity index (χ1v) is 7.75. The quantitative estimate of drug-likeness (QED) is 0.731. The predicted octanol–water partition coefficient (Wildman–Crippen LogP) is 1.27. The van der Waals surface area contributed by atoms with Crippen LogP contribution in [0.4, 0.5) is 0 Å². The molecular formula is C17H23N3O3.